The van der Waals surface area contributed by atoms with Gasteiger partial charge in [0.1, 0.15) is 12.3 Å². The molecule has 2 amide bonds. The molecule has 0 aliphatic carbocycles. The number of nitrogens with zero attached hydrogens (tertiary/aromatic N) is 2. The van der Waals surface area contributed by atoms with Gasteiger partial charge in [-0.1, -0.05) is 30.3 Å². The van der Waals surface area contributed by atoms with Gasteiger partial charge in [0.2, 0.25) is 0 Å². The van der Waals surface area contributed by atoms with E-state index in [1.807, 2.05) is 35.4 Å². The summed E-state index contributed by atoms with van der Waals surface area (Å²) in [5.74, 6) is -0.622. The molecule has 2 heterocycles. The highest BCUT2D eigenvalue weighted by molar-refractivity contribution is 5.92. The van der Waals surface area contributed by atoms with E-state index in [4.69, 9.17) is 4.74 Å². The van der Waals surface area contributed by atoms with Crippen molar-refractivity contribution in [3.8, 4) is 0 Å². The lowest BCUT2D eigenvalue weighted by Gasteiger charge is -2.16. The summed E-state index contributed by atoms with van der Waals surface area (Å²) in [5, 5.41) is 7.89. The van der Waals surface area contributed by atoms with Crippen LogP contribution in [0.1, 0.15) is 28.2 Å². The number of alkyl carbamates (subject to hydrolysis) is 1. The van der Waals surface area contributed by atoms with Gasteiger partial charge in [0.25, 0.3) is 5.91 Å². The van der Waals surface area contributed by atoms with E-state index in [-0.39, 0.29) is 24.9 Å². The quantitative estimate of drug-likeness (QED) is 0.851. The van der Waals surface area contributed by atoms with Crippen LogP contribution >= 0.6 is 0 Å². The molecule has 0 bridgehead atoms. The van der Waals surface area contributed by atoms with Gasteiger partial charge in [-0.3, -0.25) is 9.89 Å². The first-order valence-electron chi connectivity index (χ1n) is 8.22. The number of carbonyl (C=O) groups is 2. The van der Waals surface area contributed by atoms with Crippen molar-refractivity contribution in [2.75, 3.05) is 13.1 Å². The molecule has 0 unspecified atom stereocenters. The van der Waals surface area contributed by atoms with Crippen LogP contribution in [-0.4, -0.2) is 46.2 Å². The van der Waals surface area contributed by atoms with Gasteiger partial charge in [-0.05, 0) is 12.0 Å². The number of rotatable bonds is 4. The molecule has 2 N–H and O–H groups in total. The van der Waals surface area contributed by atoms with Gasteiger partial charge >= 0.3 is 12.3 Å². The second-order valence-corrected chi connectivity index (χ2v) is 6.11. The fourth-order valence-corrected chi connectivity index (χ4v) is 2.73. The van der Waals surface area contributed by atoms with Crippen LogP contribution in [0.5, 0.6) is 0 Å². The summed E-state index contributed by atoms with van der Waals surface area (Å²) in [6, 6.07) is 9.50. The highest BCUT2D eigenvalue weighted by Crippen LogP contribution is 2.28. The SMILES string of the molecule is O=C(N[C@H]1CCN(C(=O)c2cc(C(F)(F)F)[nH]n2)C1)OCc1ccccc1. The number of hydrogen-bond donors (Lipinski definition) is 2. The molecule has 144 valence electrons. The Labute approximate surface area is 152 Å². The average molecular weight is 382 g/mol. The first-order valence-corrected chi connectivity index (χ1v) is 8.22. The van der Waals surface area contributed by atoms with Crippen LogP contribution in [-0.2, 0) is 17.5 Å². The van der Waals surface area contributed by atoms with Crippen molar-refractivity contribution in [1.82, 2.24) is 20.4 Å². The first-order chi connectivity index (χ1) is 12.8. The van der Waals surface area contributed by atoms with Crippen molar-refractivity contribution in [3.63, 3.8) is 0 Å². The zero-order valence-electron chi connectivity index (χ0n) is 14.1. The second kappa shape index (κ2) is 7.68. The van der Waals surface area contributed by atoms with E-state index in [1.165, 1.54) is 4.90 Å². The predicted octanol–water partition coefficient (Wildman–Crippen LogP) is 2.57. The number of benzene rings is 1. The Hall–Kier alpha value is -3.04. The zero-order valence-corrected chi connectivity index (χ0v) is 14.1. The molecule has 0 spiro atoms. The van der Waals surface area contributed by atoms with Crippen molar-refractivity contribution in [2.24, 2.45) is 0 Å². The zero-order chi connectivity index (χ0) is 19.4. The molecular weight excluding hydrogens is 365 g/mol. The Bertz CT molecular complexity index is 807. The number of aromatic amines is 1. The molecule has 7 nitrogen and oxygen atoms in total. The van der Waals surface area contributed by atoms with E-state index in [0.717, 1.165) is 5.56 Å². The lowest BCUT2D eigenvalue weighted by atomic mass is 10.2. The number of H-pyrrole nitrogens is 1. The molecule has 27 heavy (non-hydrogen) atoms. The summed E-state index contributed by atoms with van der Waals surface area (Å²) in [6.07, 6.45) is -4.73. The number of aromatic nitrogens is 2. The predicted molar refractivity (Wildman–Crippen MR) is 87.7 cm³/mol. The molecule has 1 atom stereocenters. The van der Waals surface area contributed by atoms with E-state index in [9.17, 15) is 22.8 Å². The number of carbonyl (C=O) groups excluding carboxylic acids is 2. The number of hydrogen-bond acceptors (Lipinski definition) is 4. The van der Waals surface area contributed by atoms with Crippen LogP contribution in [0.25, 0.3) is 0 Å². The van der Waals surface area contributed by atoms with Crippen molar-refractivity contribution < 1.29 is 27.5 Å². The van der Waals surface area contributed by atoms with E-state index >= 15 is 0 Å². The topological polar surface area (TPSA) is 87.3 Å². The lowest BCUT2D eigenvalue weighted by Crippen LogP contribution is -2.38. The van der Waals surface area contributed by atoms with Crippen molar-refractivity contribution in [3.05, 3.63) is 53.3 Å². The summed E-state index contributed by atoms with van der Waals surface area (Å²) in [4.78, 5) is 25.5. The van der Waals surface area contributed by atoms with Gasteiger partial charge in [0.05, 0.1) is 6.04 Å². The minimum Gasteiger partial charge on any atom is -0.445 e. The maximum absolute atomic E-state index is 12.6. The minimum atomic E-state index is -4.59. The number of halogens is 3. The summed E-state index contributed by atoms with van der Waals surface area (Å²) >= 11 is 0. The van der Waals surface area contributed by atoms with Gasteiger partial charge in [0, 0.05) is 19.2 Å². The molecule has 2 aromatic rings. The Morgan fingerprint density at radius 2 is 2.04 bits per heavy atom. The lowest BCUT2D eigenvalue weighted by molar-refractivity contribution is -0.141. The van der Waals surface area contributed by atoms with Gasteiger partial charge in [-0.2, -0.15) is 18.3 Å². The van der Waals surface area contributed by atoms with Crippen molar-refractivity contribution in [1.29, 1.82) is 0 Å². The Morgan fingerprint density at radius 3 is 2.70 bits per heavy atom. The second-order valence-electron chi connectivity index (χ2n) is 6.11. The number of nitrogens with one attached hydrogen (secondary N) is 2. The van der Waals surface area contributed by atoms with Gasteiger partial charge < -0.3 is 15.0 Å². The van der Waals surface area contributed by atoms with Crippen LogP contribution in [0.15, 0.2) is 36.4 Å². The number of amides is 2. The molecule has 0 saturated carbocycles. The highest BCUT2D eigenvalue weighted by atomic mass is 19.4. The maximum atomic E-state index is 12.6. The summed E-state index contributed by atoms with van der Waals surface area (Å²) in [5.41, 5.74) is -0.547. The largest absolute Gasteiger partial charge is 0.445 e. The standard InChI is InChI=1S/C17H17F3N4O3/c18-17(19,20)14-8-13(22-23-14)15(25)24-7-6-12(9-24)21-16(26)27-10-11-4-2-1-3-5-11/h1-5,8,12H,6-7,9-10H2,(H,21,26)(H,22,23)/t12-/m0/s1. The van der Waals surface area contributed by atoms with E-state index in [1.54, 1.807) is 0 Å². The smallest absolute Gasteiger partial charge is 0.432 e. The molecule has 0 radical (unpaired) electrons. The van der Waals surface area contributed by atoms with Gasteiger partial charge in [-0.15, -0.1) is 0 Å². The molecule has 1 aromatic carbocycles. The van der Waals surface area contributed by atoms with Crippen LogP contribution in [0.3, 0.4) is 0 Å². The molecule has 1 aromatic heterocycles. The fraction of sp³-hybridized carbons (Fsp3) is 0.353. The molecule has 3 rings (SSSR count). The maximum Gasteiger partial charge on any atom is 0.432 e. The van der Waals surface area contributed by atoms with Crippen LogP contribution in [0.2, 0.25) is 0 Å². The van der Waals surface area contributed by atoms with Crippen LogP contribution in [0.4, 0.5) is 18.0 Å². The molecular formula is C17H17F3N4O3. The normalized spacial score (nSPS) is 17.0. The summed E-state index contributed by atoms with van der Waals surface area (Å²) in [7, 11) is 0. The Balaban J connectivity index is 1.48. The minimum absolute atomic E-state index is 0.121. The van der Waals surface area contributed by atoms with E-state index in [2.05, 4.69) is 10.4 Å². The van der Waals surface area contributed by atoms with E-state index < -0.39 is 23.9 Å². The van der Waals surface area contributed by atoms with Gasteiger partial charge in [0.15, 0.2) is 5.69 Å². The van der Waals surface area contributed by atoms with Crippen LogP contribution in [0, 0.1) is 0 Å². The number of ether oxygens (including phenoxy) is 1. The molecule has 1 saturated heterocycles. The third kappa shape index (κ3) is 4.78. The van der Waals surface area contributed by atoms with Crippen molar-refractivity contribution in [2.45, 2.75) is 25.2 Å². The third-order valence-electron chi connectivity index (χ3n) is 4.11. The Morgan fingerprint density at radius 1 is 1.30 bits per heavy atom. The summed E-state index contributed by atoms with van der Waals surface area (Å²) in [6.45, 7) is 0.597. The third-order valence-corrected chi connectivity index (χ3v) is 4.11. The van der Waals surface area contributed by atoms with Crippen LogP contribution < -0.4 is 5.32 Å². The Kier molecular flexibility index (Phi) is 5.33. The summed E-state index contributed by atoms with van der Waals surface area (Å²) < 4.78 is 42.9. The monoisotopic (exact) mass is 382 g/mol. The first kappa shape index (κ1) is 18.7. The van der Waals surface area contributed by atoms with Crippen molar-refractivity contribution >= 4 is 12.0 Å². The van der Waals surface area contributed by atoms with Gasteiger partial charge in [-0.25, -0.2) is 4.79 Å². The number of alkyl halides is 3. The number of likely N-dealkylation sites (tertiary alicyclic amines) is 1. The molecule has 1 aliphatic rings. The highest BCUT2D eigenvalue weighted by Gasteiger charge is 2.35. The fourth-order valence-electron chi connectivity index (χ4n) is 2.73. The molecule has 1 aliphatic heterocycles. The average Bonchev–Trinajstić information content (AvgIpc) is 3.30. The molecule has 1 fully saturated rings. The van der Waals surface area contributed by atoms with E-state index in [0.29, 0.717) is 19.0 Å². The molecule has 10 heteroatoms.